The highest BCUT2D eigenvalue weighted by atomic mass is 32.1. The summed E-state index contributed by atoms with van der Waals surface area (Å²) in [5.74, 6) is 6.36. The van der Waals surface area contributed by atoms with Crippen molar-refractivity contribution in [3.63, 3.8) is 0 Å². The Morgan fingerprint density at radius 2 is 2.06 bits per heavy atom. The van der Waals surface area contributed by atoms with Crippen molar-refractivity contribution in [1.29, 1.82) is 0 Å². The number of hydrogen-bond donors (Lipinski definition) is 1. The lowest BCUT2D eigenvalue weighted by Crippen LogP contribution is -2.29. The summed E-state index contributed by atoms with van der Waals surface area (Å²) in [5.41, 5.74) is 0. The molecule has 0 saturated carbocycles. The molecule has 1 N–H and O–H groups in total. The summed E-state index contributed by atoms with van der Waals surface area (Å²) >= 11 is 1.71. The van der Waals surface area contributed by atoms with Crippen LogP contribution in [-0.2, 0) is 6.54 Å². The van der Waals surface area contributed by atoms with Gasteiger partial charge in [-0.05, 0) is 38.4 Å². The maximum atomic E-state index is 8.66. The summed E-state index contributed by atoms with van der Waals surface area (Å²) in [6.07, 6.45) is 1.22. The molecule has 0 saturated heterocycles. The number of aliphatic hydroxyl groups is 1. The highest BCUT2D eigenvalue weighted by molar-refractivity contribution is 7.12. The van der Waals surface area contributed by atoms with Gasteiger partial charge in [-0.3, -0.25) is 4.90 Å². The van der Waals surface area contributed by atoms with Gasteiger partial charge in [0.05, 0.1) is 4.88 Å². The number of hydrogen-bond acceptors (Lipinski definition) is 3. The highest BCUT2D eigenvalue weighted by Gasteiger charge is 2.12. The molecule has 0 aliphatic rings. The molecule has 1 unspecified atom stereocenters. The normalized spacial score (nSPS) is 12.6. The third-order valence-electron chi connectivity index (χ3n) is 2.92. The Kier molecular flexibility index (Phi) is 6.42. The molecule has 1 heterocycles. The largest absolute Gasteiger partial charge is 0.384 e. The summed E-state index contributed by atoms with van der Waals surface area (Å²) in [4.78, 5) is 4.74. The standard InChI is InChI=1S/C15H23NOS/c1-12(2)10-13(3)16(4)11-15-8-7-14(18-15)6-5-9-17/h7-8,12-13,17H,9-11H2,1-4H3. The van der Waals surface area contributed by atoms with E-state index in [1.54, 1.807) is 11.3 Å². The van der Waals surface area contributed by atoms with E-state index in [1.165, 1.54) is 11.3 Å². The molecule has 3 heteroatoms. The van der Waals surface area contributed by atoms with Gasteiger partial charge in [-0.1, -0.05) is 25.7 Å². The molecule has 0 aliphatic heterocycles. The van der Waals surface area contributed by atoms with Gasteiger partial charge in [-0.2, -0.15) is 0 Å². The Bertz CT molecular complexity index is 414. The van der Waals surface area contributed by atoms with Crippen LogP contribution < -0.4 is 0 Å². The van der Waals surface area contributed by atoms with Gasteiger partial charge in [0.15, 0.2) is 0 Å². The molecule has 1 aromatic heterocycles. The van der Waals surface area contributed by atoms with Crippen molar-refractivity contribution < 1.29 is 5.11 Å². The summed E-state index contributed by atoms with van der Waals surface area (Å²) in [6.45, 7) is 7.70. The second-order valence-electron chi connectivity index (χ2n) is 5.12. The number of thiophene rings is 1. The van der Waals surface area contributed by atoms with Crippen LogP contribution in [0.25, 0.3) is 0 Å². The third-order valence-corrected chi connectivity index (χ3v) is 3.91. The number of rotatable bonds is 5. The molecule has 2 nitrogen and oxygen atoms in total. The summed E-state index contributed by atoms with van der Waals surface area (Å²) in [5, 5.41) is 8.66. The molecule has 0 amide bonds. The minimum atomic E-state index is -0.0709. The van der Waals surface area contributed by atoms with E-state index in [0.717, 1.165) is 17.3 Å². The van der Waals surface area contributed by atoms with Crippen LogP contribution in [-0.4, -0.2) is 29.7 Å². The van der Waals surface area contributed by atoms with Crippen molar-refractivity contribution in [1.82, 2.24) is 4.90 Å². The maximum absolute atomic E-state index is 8.66. The zero-order valence-corrected chi connectivity index (χ0v) is 12.5. The molecule has 0 fully saturated rings. The van der Waals surface area contributed by atoms with Crippen LogP contribution >= 0.6 is 11.3 Å². The Morgan fingerprint density at radius 1 is 1.33 bits per heavy atom. The predicted octanol–water partition coefficient (Wildman–Crippen LogP) is 2.96. The molecule has 0 aromatic carbocycles. The van der Waals surface area contributed by atoms with Crippen LogP contribution in [0.4, 0.5) is 0 Å². The van der Waals surface area contributed by atoms with E-state index in [2.05, 4.69) is 50.6 Å². The molecule has 1 rings (SSSR count). The Morgan fingerprint density at radius 3 is 2.67 bits per heavy atom. The smallest absolute Gasteiger partial charge is 0.104 e. The minimum Gasteiger partial charge on any atom is -0.384 e. The molecule has 100 valence electrons. The summed E-state index contributed by atoms with van der Waals surface area (Å²) in [7, 11) is 2.17. The van der Waals surface area contributed by atoms with Crippen LogP contribution in [0, 0.1) is 17.8 Å². The van der Waals surface area contributed by atoms with E-state index >= 15 is 0 Å². The van der Waals surface area contributed by atoms with Gasteiger partial charge >= 0.3 is 0 Å². The summed E-state index contributed by atoms with van der Waals surface area (Å²) in [6, 6.07) is 4.76. The zero-order valence-electron chi connectivity index (χ0n) is 11.7. The van der Waals surface area contributed by atoms with E-state index in [4.69, 9.17) is 5.11 Å². The molecule has 0 aliphatic carbocycles. The second kappa shape index (κ2) is 7.58. The summed E-state index contributed by atoms with van der Waals surface area (Å²) < 4.78 is 0. The first-order chi connectivity index (χ1) is 8.52. The molecule has 1 atom stereocenters. The predicted molar refractivity (Wildman–Crippen MR) is 78.7 cm³/mol. The van der Waals surface area contributed by atoms with E-state index in [1.807, 2.05) is 6.07 Å². The van der Waals surface area contributed by atoms with Gasteiger partial charge < -0.3 is 5.11 Å². The van der Waals surface area contributed by atoms with Crippen LogP contribution in [0.3, 0.4) is 0 Å². The van der Waals surface area contributed by atoms with Crippen LogP contribution in [0.5, 0.6) is 0 Å². The fourth-order valence-corrected chi connectivity index (χ4v) is 2.87. The van der Waals surface area contributed by atoms with E-state index in [9.17, 15) is 0 Å². The monoisotopic (exact) mass is 265 g/mol. The Balaban J connectivity index is 2.53. The minimum absolute atomic E-state index is 0.0709. The average Bonchev–Trinajstić information content (AvgIpc) is 2.73. The molecular formula is C15H23NOS. The van der Waals surface area contributed by atoms with Crippen LogP contribution in [0.1, 0.15) is 36.9 Å². The van der Waals surface area contributed by atoms with Gasteiger partial charge in [-0.15, -0.1) is 11.3 Å². The third kappa shape index (κ3) is 5.22. The zero-order chi connectivity index (χ0) is 13.5. The molecule has 0 radical (unpaired) electrons. The Labute approximate surface area is 115 Å². The molecule has 1 aromatic rings. The van der Waals surface area contributed by atoms with Crippen molar-refractivity contribution in [2.75, 3.05) is 13.7 Å². The SMILES string of the molecule is CC(C)CC(C)N(C)Cc1ccc(C#CCO)s1. The first kappa shape index (κ1) is 15.2. The lowest BCUT2D eigenvalue weighted by Gasteiger charge is -2.25. The van der Waals surface area contributed by atoms with E-state index in [0.29, 0.717) is 6.04 Å². The molecule has 0 bridgehead atoms. The Hall–Kier alpha value is -0.820. The van der Waals surface area contributed by atoms with Crippen molar-refractivity contribution in [2.24, 2.45) is 5.92 Å². The van der Waals surface area contributed by atoms with Crippen molar-refractivity contribution in [3.05, 3.63) is 21.9 Å². The molecule has 18 heavy (non-hydrogen) atoms. The second-order valence-corrected chi connectivity index (χ2v) is 6.29. The first-order valence-electron chi connectivity index (χ1n) is 6.41. The van der Waals surface area contributed by atoms with Gasteiger partial charge in [-0.25, -0.2) is 0 Å². The van der Waals surface area contributed by atoms with Crippen molar-refractivity contribution >= 4 is 11.3 Å². The number of nitrogens with zero attached hydrogens (tertiary/aromatic N) is 1. The van der Waals surface area contributed by atoms with Crippen LogP contribution in [0.2, 0.25) is 0 Å². The van der Waals surface area contributed by atoms with Crippen LogP contribution in [0.15, 0.2) is 12.1 Å². The first-order valence-corrected chi connectivity index (χ1v) is 7.23. The molecular weight excluding hydrogens is 242 g/mol. The van der Waals surface area contributed by atoms with E-state index < -0.39 is 0 Å². The highest BCUT2D eigenvalue weighted by Crippen LogP contribution is 2.19. The van der Waals surface area contributed by atoms with Gasteiger partial charge in [0.25, 0.3) is 0 Å². The van der Waals surface area contributed by atoms with E-state index in [-0.39, 0.29) is 6.61 Å². The van der Waals surface area contributed by atoms with Gasteiger partial charge in [0.1, 0.15) is 6.61 Å². The lowest BCUT2D eigenvalue weighted by molar-refractivity contribution is 0.222. The topological polar surface area (TPSA) is 23.5 Å². The fourth-order valence-electron chi connectivity index (χ4n) is 1.92. The van der Waals surface area contributed by atoms with Gasteiger partial charge in [0.2, 0.25) is 0 Å². The van der Waals surface area contributed by atoms with Crippen molar-refractivity contribution in [2.45, 2.75) is 39.8 Å². The maximum Gasteiger partial charge on any atom is 0.104 e. The quantitative estimate of drug-likeness (QED) is 0.827. The lowest BCUT2D eigenvalue weighted by atomic mass is 10.0. The van der Waals surface area contributed by atoms with Crippen molar-refractivity contribution in [3.8, 4) is 11.8 Å². The molecule has 0 spiro atoms. The number of aliphatic hydroxyl groups excluding tert-OH is 1. The van der Waals surface area contributed by atoms with Gasteiger partial charge in [0, 0.05) is 17.5 Å². The average molecular weight is 265 g/mol. The fraction of sp³-hybridized carbons (Fsp3) is 0.600.